The molecule has 1 saturated heterocycles. The van der Waals surface area contributed by atoms with Gasteiger partial charge in [0.05, 0.1) is 0 Å². The first-order chi connectivity index (χ1) is 11.6. The Morgan fingerprint density at radius 1 is 1.08 bits per heavy atom. The average molecular weight is 329 g/mol. The molecule has 1 aromatic carbocycles. The lowest BCUT2D eigenvalue weighted by atomic mass is 10.2. The summed E-state index contributed by atoms with van der Waals surface area (Å²) < 4.78 is 0. The minimum Gasteiger partial charge on any atom is -0.340 e. The van der Waals surface area contributed by atoms with E-state index in [2.05, 4.69) is 29.2 Å². The van der Waals surface area contributed by atoms with Crippen LogP contribution < -0.4 is 0 Å². The maximum atomic E-state index is 12.4. The predicted molar refractivity (Wildman–Crippen MR) is 93.3 cm³/mol. The summed E-state index contributed by atoms with van der Waals surface area (Å²) in [6.07, 6.45) is 2.63. The van der Waals surface area contributed by atoms with E-state index in [4.69, 9.17) is 0 Å². The molecule has 1 aliphatic carbocycles. The van der Waals surface area contributed by atoms with E-state index < -0.39 is 0 Å². The Kier molecular flexibility index (Phi) is 5.51. The number of piperazine rings is 1. The lowest BCUT2D eigenvalue weighted by molar-refractivity contribution is -0.135. The van der Waals surface area contributed by atoms with E-state index in [-0.39, 0.29) is 11.8 Å². The van der Waals surface area contributed by atoms with Gasteiger partial charge in [-0.15, -0.1) is 0 Å². The highest BCUT2D eigenvalue weighted by Gasteiger charge is 2.31. The number of hydrogen-bond acceptors (Lipinski definition) is 3. The largest absolute Gasteiger partial charge is 0.340 e. The van der Waals surface area contributed by atoms with E-state index in [1.807, 2.05) is 15.9 Å². The zero-order valence-corrected chi connectivity index (χ0v) is 14.5. The molecule has 0 bridgehead atoms. The van der Waals surface area contributed by atoms with Crippen LogP contribution in [0.15, 0.2) is 30.3 Å². The van der Waals surface area contributed by atoms with E-state index >= 15 is 0 Å². The van der Waals surface area contributed by atoms with Crippen LogP contribution in [0, 0.1) is 0 Å². The van der Waals surface area contributed by atoms with Crippen molar-refractivity contribution in [3.8, 4) is 0 Å². The van der Waals surface area contributed by atoms with Gasteiger partial charge in [0, 0.05) is 58.7 Å². The molecule has 2 amide bonds. The molecule has 0 spiro atoms. The van der Waals surface area contributed by atoms with Crippen LogP contribution in [0.1, 0.15) is 31.7 Å². The fourth-order valence-electron chi connectivity index (χ4n) is 3.35. The van der Waals surface area contributed by atoms with Gasteiger partial charge in [-0.05, 0) is 18.4 Å². The maximum Gasteiger partial charge on any atom is 0.224 e. The second-order valence-electron chi connectivity index (χ2n) is 6.84. The lowest BCUT2D eigenvalue weighted by Gasteiger charge is -2.35. The van der Waals surface area contributed by atoms with E-state index in [0.717, 1.165) is 45.6 Å². The monoisotopic (exact) mass is 329 g/mol. The molecule has 3 rings (SSSR count). The zero-order valence-electron chi connectivity index (χ0n) is 14.5. The highest BCUT2D eigenvalue weighted by Crippen LogP contribution is 2.27. The second kappa shape index (κ2) is 7.79. The molecule has 1 aliphatic heterocycles. The smallest absolute Gasteiger partial charge is 0.224 e. The molecule has 1 saturated carbocycles. The Hall–Kier alpha value is -1.88. The van der Waals surface area contributed by atoms with Crippen molar-refractivity contribution >= 4 is 11.8 Å². The normalized spacial score (nSPS) is 18.5. The highest BCUT2D eigenvalue weighted by molar-refractivity contribution is 5.78. The quantitative estimate of drug-likeness (QED) is 0.798. The minimum atomic E-state index is 0.0954. The molecule has 0 atom stereocenters. The number of carbonyl (C=O) groups excluding carboxylic acids is 2. The molecule has 24 heavy (non-hydrogen) atoms. The molecule has 0 unspecified atom stereocenters. The van der Waals surface area contributed by atoms with Crippen LogP contribution >= 0.6 is 0 Å². The van der Waals surface area contributed by atoms with Gasteiger partial charge >= 0.3 is 0 Å². The minimum absolute atomic E-state index is 0.0954. The van der Waals surface area contributed by atoms with Crippen molar-refractivity contribution < 1.29 is 9.59 Å². The SMILES string of the molecule is CC(=O)N(CCC(=O)N1CCN(Cc2ccccc2)CC1)C1CC1. The Morgan fingerprint density at radius 3 is 2.33 bits per heavy atom. The summed E-state index contributed by atoms with van der Waals surface area (Å²) in [7, 11) is 0. The van der Waals surface area contributed by atoms with Gasteiger partial charge in [0.25, 0.3) is 0 Å². The van der Waals surface area contributed by atoms with Crippen molar-refractivity contribution in [3.63, 3.8) is 0 Å². The van der Waals surface area contributed by atoms with E-state index in [9.17, 15) is 9.59 Å². The van der Waals surface area contributed by atoms with Crippen molar-refractivity contribution in [2.45, 2.75) is 38.8 Å². The summed E-state index contributed by atoms with van der Waals surface area (Å²) in [5, 5.41) is 0. The van der Waals surface area contributed by atoms with Gasteiger partial charge in [-0.3, -0.25) is 14.5 Å². The van der Waals surface area contributed by atoms with Gasteiger partial charge in [-0.1, -0.05) is 30.3 Å². The van der Waals surface area contributed by atoms with Crippen LogP contribution in [0.3, 0.4) is 0 Å². The summed E-state index contributed by atoms with van der Waals surface area (Å²) in [6.45, 7) is 6.53. The molecule has 1 aromatic rings. The predicted octanol–water partition coefficient (Wildman–Crippen LogP) is 1.73. The number of nitrogens with zero attached hydrogens (tertiary/aromatic N) is 3. The summed E-state index contributed by atoms with van der Waals surface area (Å²) in [5.41, 5.74) is 1.32. The van der Waals surface area contributed by atoms with Crippen molar-refractivity contribution in [2.24, 2.45) is 0 Å². The maximum absolute atomic E-state index is 12.4. The first-order valence-corrected chi connectivity index (χ1v) is 8.95. The summed E-state index contributed by atoms with van der Waals surface area (Å²) in [4.78, 5) is 30.2. The molecule has 0 radical (unpaired) electrons. The molecule has 0 N–H and O–H groups in total. The summed E-state index contributed by atoms with van der Waals surface area (Å²) >= 11 is 0. The molecule has 130 valence electrons. The van der Waals surface area contributed by atoms with Crippen LogP contribution in [-0.2, 0) is 16.1 Å². The van der Waals surface area contributed by atoms with E-state index in [1.54, 1.807) is 6.92 Å². The second-order valence-corrected chi connectivity index (χ2v) is 6.84. The Bertz CT molecular complexity index is 563. The molecular weight excluding hydrogens is 302 g/mol. The van der Waals surface area contributed by atoms with Crippen molar-refractivity contribution in [1.29, 1.82) is 0 Å². The third kappa shape index (κ3) is 4.57. The van der Waals surface area contributed by atoms with E-state index in [0.29, 0.717) is 19.0 Å². The van der Waals surface area contributed by atoms with Crippen molar-refractivity contribution in [3.05, 3.63) is 35.9 Å². The molecule has 5 heteroatoms. The van der Waals surface area contributed by atoms with Gasteiger partial charge < -0.3 is 9.80 Å². The fourth-order valence-corrected chi connectivity index (χ4v) is 3.35. The fraction of sp³-hybridized carbons (Fsp3) is 0.579. The van der Waals surface area contributed by atoms with Crippen LogP contribution in [0.4, 0.5) is 0 Å². The molecule has 1 heterocycles. The number of carbonyl (C=O) groups is 2. The molecule has 2 fully saturated rings. The Morgan fingerprint density at radius 2 is 1.75 bits per heavy atom. The van der Waals surface area contributed by atoms with Gasteiger partial charge in [0.15, 0.2) is 0 Å². The van der Waals surface area contributed by atoms with Crippen LogP contribution in [-0.4, -0.2) is 65.3 Å². The van der Waals surface area contributed by atoms with Crippen LogP contribution in [0.2, 0.25) is 0 Å². The lowest BCUT2D eigenvalue weighted by Crippen LogP contribution is -2.49. The van der Waals surface area contributed by atoms with Gasteiger partial charge in [0.2, 0.25) is 11.8 Å². The van der Waals surface area contributed by atoms with Gasteiger partial charge in [0.1, 0.15) is 0 Å². The first kappa shape index (κ1) is 17.0. The van der Waals surface area contributed by atoms with Gasteiger partial charge in [-0.25, -0.2) is 0 Å². The Labute approximate surface area is 144 Å². The number of rotatable bonds is 6. The van der Waals surface area contributed by atoms with Crippen molar-refractivity contribution in [2.75, 3.05) is 32.7 Å². The van der Waals surface area contributed by atoms with Crippen molar-refractivity contribution in [1.82, 2.24) is 14.7 Å². The highest BCUT2D eigenvalue weighted by atomic mass is 16.2. The molecule has 2 aliphatic rings. The standard InChI is InChI=1S/C19H27N3O2/c1-16(23)22(18-7-8-18)10-9-19(24)21-13-11-20(12-14-21)15-17-5-3-2-4-6-17/h2-6,18H,7-15H2,1H3. The molecular formula is C19H27N3O2. The summed E-state index contributed by atoms with van der Waals surface area (Å²) in [6, 6.07) is 10.8. The third-order valence-electron chi connectivity index (χ3n) is 4.93. The van der Waals surface area contributed by atoms with Crippen LogP contribution in [0.25, 0.3) is 0 Å². The molecule has 0 aromatic heterocycles. The molecule has 5 nitrogen and oxygen atoms in total. The average Bonchev–Trinajstić information content (AvgIpc) is 3.41. The topological polar surface area (TPSA) is 43.9 Å². The number of hydrogen-bond donors (Lipinski definition) is 0. The van der Waals surface area contributed by atoms with Crippen LogP contribution in [0.5, 0.6) is 0 Å². The first-order valence-electron chi connectivity index (χ1n) is 8.95. The third-order valence-corrected chi connectivity index (χ3v) is 4.93. The summed E-state index contributed by atoms with van der Waals surface area (Å²) in [5.74, 6) is 0.277. The van der Waals surface area contributed by atoms with Gasteiger partial charge in [-0.2, -0.15) is 0 Å². The number of benzene rings is 1. The van der Waals surface area contributed by atoms with E-state index in [1.165, 1.54) is 5.56 Å². The number of amides is 2. The zero-order chi connectivity index (χ0) is 16.9. The Balaban J connectivity index is 1.41.